The number of hydrogen-bond donors (Lipinski definition) is 0. The fraction of sp³-hybridized carbons (Fsp3) is 0.261. The van der Waals surface area contributed by atoms with Gasteiger partial charge in [-0.25, -0.2) is 8.42 Å². The van der Waals surface area contributed by atoms with Crippen molar-refractivity contribution >= 4 is 44.5 Å². The minimum absolute atomic E-state index is 0.294. The summed E-state index contributed by atoms with van der Waals surface area (Å²) in [6.07, 6.45) is 2.45. The summed E-state index contributed by atoms with van der Waals surface area (Å²) in [5.41, 5.74) is 4.50. The maximum atomic E-state index is 11.1. The van der Waals surface area contributed by atoms with Crippen molar-refractivity contribution in [1.82, 2.24) is 0 Å². The van der Waals surface area contributed by atoms with E-state index >= 15 is 0 Å². The summed E-state index contributed by atoms with van der Waals surface area (Å²) in [6, 6.07) is 18.8. The lowest BCUT2D eigenvalue weighted by atomic mass is 10.1. The summed E-state index contributed by atoms with van der Waals surface area (Å²) in [6.45, 7) is 5.51. The largest absolute Gasteiger partial charge is 0.748 e. The summed E-state index contributed by atoms with van der Waals surface area (Å²) < 4.78 is 35.5. The van der Waals surface area contributed by atoms with Gasteiger partial charge in [0.1, 0.15) is 6.54 Å². The zero-order valence-corrected chi connectivity index (χ0v) is 18.7. The van der Waals surface area contributed by atoms with Crippen LogP contribution in [-0.4, -0.2) is 25.3 Å². The molecule has 0 N–H and O–H groups in total. The summed E-state index contributed by atoms with van der Waals surface area (Å²) in [4.78, 5) is 3.27. The summed E-state index contributed by atoms with van der Waals surface area (Å²) >= 11 is 1.68. The second-order valence-corrected chi connectivity index (χ2v) is 9.97. The van der Waals surface area contributed by atoms with E-state index < -0.39 is 10.1 Å². The van der Waals surface area contributed by atoms with Crippen LogP contribution in [0.1, 0.15) is 24.6 Å². The highest BCUT2D eigenvalue weighted by molar-refractivity contribution is 8.03. The van der Waals surface area contributed by atoms with Gasteiger partial charge in [-0.3, -0.25) is 0 Å². The zero-order valence-electron chi connectivity index (χ0n) is 17.0. The predicted octanol–water partition coefficient (Wildman–Crippen LogP) is 4.30. The maximum absolute atomic E-state index is 11.1. The van der Waals surface area contributed by atoms with Gasteiger partial charge in [-0.15, -0.1) is 0 Å². The molecule has 0 bridgehead atoms. The van der Waals surface area contributed by atoms with Crippen molar-refractivity contribution in [2.75, 3.05) is 17.2 Å². The molecule has 0 saturated heterocycles. The third-order valence-corrected chi connectivity index (χ3v) is 7.11. The first-order valence-electron chi connectivity index (χ1n) is 9.98. The Hall–Kier alpha value is -2.35. The van der Waals surface area contributed by atoms with Gasteiger partial charge in [-0.05, 0) is 50.1 Å². The molecule has 0 fully saturated rings. The van der Waals surface area contributed by atoms with E-state index in [2.05, 4.69) is 71.9 Å². The van der Waals surface area contributed by atoms with Crippen LogP contribution in [0, 0.1) is 6.92 Å². The minimum Gasteiger partial charge on any atom is -0.748 e. The van der Waals surface area contributed by atoms with Crippen LogP contribution in [0.15, 0.2) is 64.5 Å². The number of rotatable bonds is 6. The van der Waals surface area contributed by atoms with Crippen LogP contribution in [0.5, 0.6) is 0 Å². The fourth-order valence-electron chi connectivity index (χ4n) is 3.83. The van der Waals surface area contributed by atoms with E-state index in [1.54, 1.807) is 11.8 Å². The molecule has 3 aromatic rings. The predicted molar refractivity (Wildman–Crippen MR) is 121 cm³/mol. The van der Waals surface area contributed by atoms with E-state index in [1.165, 1.54) is 16.5 Å². The first-order chi connectivity index (χ1) is 14.4. The van der Waals surface area contributed by atoms with Gasteiger partial charge in [0, 0.05) is 40.8 Å². The molecular weight excluding hydrogens is 416 g/mol. The number of pyridine rings is 1. The summed E-state index contributed by atoms with van der Waals surface area (Å²) in [5.74, 6) is -0.354. The van der Waals surface area contributed by atoms with Crippen LogP contribution in [0.3, 0.4) is 0 Å². The smallest absolute Gasteiger partial charge is 0.212 e. The Kier molecular flexibility index (Phi) is 5.86. The Bertz CT molecular complexity index is 1240. The Balaban J connectivity index is 1.74. The van der Waals surface area contributed by atoms with E-state index in [0.717, 1.165) is 27.9 Å². The number of aryl methyl sites for hydroxylation is 2. The van der Waals surface area contributed by atoms with E-state index in [4.69, 9.17) is 0 Å². The highest BCUT2D eigenvalue weighted by atomic mass is 32.2. The molecule has 0 atom stereocenters. The third-order valence-electron chi connectivity index (χ3n) is 5.22. The number of fused-ring (bicyclic) bond motifs is 2. The lowest BCUT2D eigenvalue weighted by Crippen LogP contribution is -2.37. The number of nitrogens with zero attached hydrogens (tertiary/aromatic N) is 2. The molecule has 1 aliphatic heterocycles. The zero-order chi connectivity index (χ0) is 21.3. The molecule has 0 aliphatic carbocycles. The molecule has 7 heteroatoms. The lowest BCUT2D eigenvalue weighted by Gasteiger charge is -2.21. The van der Waals surface area contributed by atoms with Crippen molar-refractivity contribution < 1.29 is 17.5 Å². The molecule has 30 heavy (non-hydrogen) atoms. The Morgan fingerprint density at radius 2 is 1.93 bits per heavy atom. The van der Waals surface area contributed by atoms with Gasteiger partial charge in [-0.1, -0.05) is 30.0 Å². The SMILES string of the molecule is CC[n+]1c(C=C2Sc3cc(C)ccc3N2CCCS(=O)(=O)[O-])ccc2ccccc21. The Labute approximate surface area is 181 Å². The standard InChI is InChI=1S/C23H24N2O3S2/c1-3-24-19(11-10-18-7-4-5-8-20(18)24)16-23-25(13-6-14-30(26,27)28)21-12-9-17(2)15-22(21)29-23/h4-5,7-12,15-16H,3,6,13-14H2,1-2H3. The first kappa shape index (κ1) is 20.9. The van der Waals surface area contributed by atoms with E-state index in [0.29, 0.717) is 13.0 Å². The third kappa shape index (κ3) is 4.38. The molecule has 4 rings (SSSR count). The fourth-order valence-corrected chi connectivity index (χ4v) is 5.55. The number of hydrogen-bond acceptors (Lipinski definition) is 5. The minimum atomic E-state index is -4.22. The van der Waals surface area contributed by atoms with E-state index in [-0.39, 0.29) is 5.75 Å². The molecule has 0 unspecified atom stereocenters. The van der Waals surface area contributed by atoms with Crippen molar-refractivity contribution in [2.45, 2.75) is 31.7 Å². The average Bonchev–Trinajstić information content (AvgIpc) is 3.03. The molecule has 0 spiro atoms. The van der Waals surface area contributed by atoms with Gasteiger partial charge in [0.2, 0.25) is 11.2 Å². The molecule has 156 valence electrons. The van der Waals surface area contributed by atoms with E-state index in [1.807, 2.05) is 12.1 Å². The topological polar surface area (TPSA) is 64.3 Å². The molecule has 0 radical (unpaired) electrons. The number of thioether (sulfide) groups is 1. The summed E-state index contributed by atoms with van der Waals surface area (Å²) in [5, 5.41) is 2.23. The van der Waals surface area contributed by atoms with Crippen LogP contribution in [0.4, 0.5) is 5.69 Å². The van der Waals surface area contributed by atoms with Gasteiger partial charge in [0.15, 0.2) is 0 Å². The number of benzene rings is 2. The number of para-hydroxylation sites is 1. The van der Waals surface area contributed by atoms with Crippen molar-refractivity contribution in [3.63, 3.8) is 0 Å². The number of aromatic nitrogens is 1. The highest BCUT2D eigenvalue weighted by Crippen LogP contribution is 2.47. The maximum Gasteiger partial charge on any atom is 0.212 e. The van der Waals surface area contributed by atoms with Gasteiger partial charge in [0.25, 0.3) is 0 Å². The van der Waals surface area contributed by atoms with Crippen molar-refractivity contribution in [1.29, 1.82) is 0 Å². The second-order valence-electron chi connectivity index (χ2n) is 7.38. The average molecular weight is 441 g/mol. The van der Waals surface area contributed by atoms with Crippen LogP contribution in [0.25, 0.3) is 17.0 Å². The quantitative estimate of drug-likeness (QED) is 0.422. The Morgan fingerprint density at radius 1 is 1.13 bits per heavy atom. The van der Waals surface area contributed by atoms with Gasteiger partial charge in [-0.2, -0.15) is 4.57 Å². The monoisotopic (exact) mass is 440 g/mol. The number of anilines is 1. The molecule has 0 saturated carbocycles. The highest BCUT2D eigenvalue weighted by Gasteiger charge is 2.26. The van der Waals surface area contributed by atoms with Crippen LogP contribution in [0.2, 0.25) is 0 Å². The second kappa shape index (κ2) is 8.41. The molecule has 1 aromatic heterocycles. The van der Waals surface area contributed by atoms with Crippen molar-refractivity contribution in [3.8, 4) is 0 Å². The molecular formula is C23H24N2O3S2. The normalized spacial score (nSPS) is 15.2. The molecule has 0 amide bonds. The van der Waals surface area contributed by atoms with Gasteiger partial charge in [0.05, 0.1) is 20.8 Å². The lowest BCUT2D eigenvalue weighted by molar-refractivity contribution is -0.669. The van der Waals surface area contributed by atoms with Gasteiger partial charge < -0.3 is 9.45 Å². The van der Waals surface area contributed by atoms with Crippen molar-refractivity contribution in [3.05, 3.63) is 70.9 Å². The van der Waals surface area contributed by atoms with Crippen LogP contribution in [-0.2, 0) is 16.7 Å². The molecule has 2 heterocycles. The first-order valence-corrected chi connectivity index (χ1v) is 12.4. The van der Waals surface area contributed by atoms with Crippen LogP contribution >= 0.6 is 11.8 Å². The molecule has 1 aliphatic rings. The van der Waals surface area contributed by atoms with E-state index in [9.17, 15) is 13.0 Å². The Morgan fingerprint density at radius 3 is 2.70 bits per heavy atom. The summed E-state index contributed by atoms with van der Waals surface area (Å²) in [7, 11) is -4.22. The van der Waals surface area contributed by atoms with Crippen LogP contribution < -0.4 is 9.47 Å². The molecule has 5 nitrogen and oxygen atoms in total. The molecule has 2 aromatic carbocycles. The van der Waals surface area contributed by atoms with Gasteiger partial charge >= 0.3 is 0 Å². The van der Waals surface area contributed by atoms with Crippen molar-refractivity contribution in [2.24, 2.45) is 0 Å².